The molecule has 1 atom stereocenters. The van der Waals surface area contributed by atoms with Crippen LogP contribution >= 0.6 is 45.2 Å². The maximum Gasteiger partial charge on any atom is 0.133 e. The summed E-state index contributed by atoms with van der Waals surface area (Å²) >= 11 is 4.62. The topological polar surface area (TPSA) is 35.2 Å². The SMILES string of the molecule is Cc1cc(C[C@@H](C)N)cc(C)c1Oc1cc(I)cc(I)c1. The van der Waals surface area contributed by atoms with Crippen molar-refractivity contribution < 1.29 is 4.74 Å². The molecule has 21 heavy (non-hydrogen) atoms. The van der Waals surface area contributed by atoms with Gasteiger partial charge in [0.2, 0.25) is 0 Å². The minimum absolute atomic E-state index is 0.174. The molecule has 2 aromatic carbocycles. The number of benzene rings is 2. The second-order valence-electron chi connectivity index (χ2n) is 5.45. The van der Waals surface area contributed by atoms with E-state index < -0.39 is 0 Å². The van der Waals surface area contributed by atoms with Crippen molar-refractivity contribution in [2.45, 2.75) is 33.2 Å². The van der Waals surface area contributed by atoms with Crippen LogP contribution < -0.4 is 10.5 Å². The average molecular weight is 507 g/mol. The van der Waals surface area contributed by atoms with Gasteiger partial charge in [-0.2, -0.15) is 0 Å². The molecule has 0 amide bonds. The van der Waals surface area contributed by atoms with Crippen LogP contribution in [0, 0.1) is 21.0 Å². The number of rotatable bonds is 4. The molecule has 0 aliphatic rings. The van der Waals surface area contributed by atoms with E-state index in [1.54, 1.807) is 0 Å². The molecule has 0 bridgehead atoms. The first-order valence-electron chi connectivity index (χ1n) is 6.85. The van der Waals surface area contributed by atoms with Gasteiger partial charge in [0.1, 0.15) is 11.5 Å². The van der Waals surface area contributed by atoms with E-state index in [9.17, 15) is 0 Å². The van der Waals surface area contributed by atoms with Gasteiger partial charge >= 0.3 is 0 Å². The van der Waals surface area contributed by atoms with Crippen molar-refractivity contribution in [1.82, 2.24) is 0 Å². The van der Waals surface area contributed by atoms with E-state index in [4.69, 9.17) is 10.5 Å². The molecule has 0 heterocycles. The molecule has 2 nitrogen and oxygen atoms in total. The molecule has 0 aliphatic heterocycles. The summed E-state index contributed by atoms with van der Waals surface area (Å²) in [5.41, 5.74) is 9.46. The lowest BCUT2D eigenvalue weighted by atomic mass is 10.0. The fourth-order valence-corrected chi connectivity index (χ4v) is 4.28. The van der Waals surface area contributed by atoms with Crippen LogP contribution in [0.4, 0.5) is 0 Å². The van der Waals surface area contributed by atoms with Gasteiger partial charge in [0.25, 0.3) is 0 Å². The Morgan fingerprint density at radius 3 is 2.00 bits per heavy atom. The van der Waals surface area contributed by atoms with Crippen molar-refractivity contribution in [1.29, 1.82) is 0 Å². The monoisotopic (exact) mass is 507 g/mol. The van der Waals surface area contributed by atoms with Crippen LogP contribution in [0.15, 0.2) is 30.3 Å². The average Bonchev–Trinajstić information content (AvgIpc) is 2.31. The molecule has 112 valence electrons. The third kappa shape index (κ3) is 4.82. The second-order valence-corrected chi connectivity index (χ2v) is 7.94. The Kier molecular flexibility index (Phi) is 5.90. The van der Waals surface area contributed by atoms with Gasteiger partial charge in [0.15, 0.2) is 0 Å². The Bertz CT molecular complexity index is 610. The zero-order valence-corrected chi connectivity index (χ0v) is 16.7. The molecule has 2 rings (SSSR count). The Hall–Kier alpha value is -0.340. The van der Waals surface area contributed by atoms with E-state index in [2.05, 4.69) is 89.4 Å². The number of hydrogen-bond donors (Lipinski definition) is 1. The van der Waals surface area contributed by atoms with Crippen LogP contribution in [0.1, 0.15) is 23.6 Å². The molecule has 4 heteroatoms. The van der Waals surface area contributed by atoms with E-state index in [0.29, 0.717) is 0 Å². The highest BCUT2D eigenvalue weighted by Crippen LogP contribution is 2.31. The molecule has 0 radical (unpaired) electrons. The van der Waals surface area contributed by atoms with E-state index >= 15 is 0 Å². The molecule has 0 aliphatic carbocycles. The van der Waals surface area contributed by atoms with E-state index in [0.717, 1.165) is 29.0 Å². The van der Waals surface area contributed by atoms with Crippen LogP contribution in [0.3, 0.4) is 0 Å². The summed E-state index contributed by atoms with van der Waals surface area (Å²) in [6.45, 7) is 6.21. The third-order valence-electron chi connectivity index (χ3n) is 3.13. The molecule has 0 fully saturated rings. The summed E-state index contributed by atoms with van der Waals surface area (Å²) < 4.78 is 8.48. The van der Waals surface area contributed by atoms with E-state index in [-0.39, 0.29) is 6.04 Å². The highest BCUT2D eigenvalue weighted by Gasteiger charge is 2.10. The molecule has 0 unspecified atom stereocenters. The first-order chi connectivity index (χ1) is 9.85. The van der Waals surface area contributed by atoms with Crippen molar-refractivity contribution in [2.24, 2.45) is 5.73 Å². The summed E-state index contributed by atoms with van der Waals surface area (Å²) in [4.78, 5) is 0. The molecule has 0 saturated carbocycles. The molecular formula is C17H19I2NO. The van der Waals surface area contributed by atoms with Gasteiger partial charge in [-0.1, -0.05) is 12.1 Å². The van der Waals surface area contributed by atoms with Crippen molar-refractivity contribution in [3.8, 4) is 11.5 Å². The zero-order chi connectivity index (χ0) is 15.6. The highest BCUT2D eigenvalue weighted by molar-refractivity contribution is 14.1. The molecule has 0 saturated heterocycles. The quantitative estimate of drug-likeness (QED) is 0.579. The molecule has 0 spiro atoms. The molecular weight excluding hydrogens is 488 g/mol. The smallest absolute Gasteiger partial charge is 0.133 e. The number of hydrogen-bond acceptors (Lipinski definition) is 2. The summed E-state index contributed by atoms with van der Waals surface area (Å²) in [5, 5.41) is 0. The Balaban J connectivity index is 2.31. The summed E-state index contributed by atoms with van der Waals surface area (Å²) in [6, 6.07) is 10.7. The molecule has 2 N–H and O–H groups in total. The summed E-state index contributed by atoms with van der Waals surface area (Å²) in [6.07, 6.45) is 0.892. The van der Waals surface area contributed by atoms with Gasteiger partial charge in [-0.05, 0) is 107 Å². The van der Waals surface area contributed by atoms with E-state index in [1.165, 1.54) is 12.7 Å². The van der Waals surface area contributed by atoms with Gasteiger partial charge in [-0.3, -0.25) is 0 Å². The maximum atomic E-state index is 6.12. The number of halogens is 2. The van der Waals surface area contributed by atoms with Gasteiger partial charge in [-0.25, -0.2) is 0 Å². The number of aryl methyl sites for hydroxylation is 2. The predicted octanol–water partition coefficient (Wildman–Crippen LogP) is 5.19. The van der Waals surface area contributed by atoms with Crippen LogP contribution in [0.25, 0.3) is 0 Å². The van der Waals surface area contributed by atoms with Crippen LogP contribution in [-0.2, 0) is 6.42 Å². The third-order valence-corrected chi connectivity index (χ3v) is 4.38. The highest BCUT2D eigenvalue weighted by atomic mass is 127. The Morgan fingerprint density at radius 2 is 1.52 bits per heavy atom. The largest absolute Gasteiger partial charge is 0.457 e. The van der Waals surface area contributed by atoms with Gasteiger partial charge < -0.3 is 10.5 Å². The predicted molar refractivity (Wildman–Crippen MR) is 105 cm³/mol. The number of nitrogens with two attached hydrogens (primary N) is 1. The zero-order valence-electron chi connectivity index (χ0n) is 12.4. The molecule has 0 aromatic heterocycles. The Labute approximate surface area is 153 Å². The lowest BCUT2D eigenvalue weighted by Gasteiger charge is -2.15. The summed E-state index contributed by atoms with van der Waals surface area (Å²) in [7, 11) is 0. The first kappa shape index (κ1) is 17.0. The fraction of sp³-hybridized carbons (Fsp3) is 0.294. The summed E-state index contributed by atoms with van der Waals surface area (Å²) in [5.74, 6) is 1.83. The van der Waals surface area contributed by atoms with Gasteiger partial charge in [0, 0.05) is 13.2 Å². The molecule has 2 aromatic rings. The van der Waals surface area contributed by atoms with Crippen molar-refractivity contribution in [2.75, 3.05) is 0 Å². The normalized spacial score (nSPS) is 12.3. The van der Waals surface area contributed by atoms with Gasteiger partial charge in [0.05, 0.1) is 0 Å². The maximum absolute atomic E-state index is 6.12. The lowest BCUT2D eigenvalue weighted by Crippen LogP contribution is -2.17. The van der Waals surface area contributed by atoms with Crippen molar-refractivity contribution in [3.05, 3.63) is 54.2 Å². The van der Waals surface area contributed by atoms with Crippen molar-refractivity contribution in [3.63, 3.8) is 0 Å². The minimum Gasteiger partial charge on any atom is -0.457 e. The van der Waals surface area contributed by atoms with Crippen LogP contribution in [0.5, 0.6) is 11.5 Å². The van der Waals surface area contributed by atoms with Crippen LogP contribution in [0.2, 0.25) is 0 Å². The Morgan fingerprint density at radius 1 is 1.00 bits per heavy atom. The number of ether oxygens (including phenoxy) is 1. The second kappa shape index (κ2) is 7.28. The lowest BCUT2D eigenvalue weighted by molar-refractivity contribution is 0.474. The van der Waals surface area contributed by atoms with Gasteiger partial charge in [-0.15, -0.1) is 0 Å². The van der Waals surface area contributed by atoms with Crippen LogP contribution in [-0.4, -0.2) is 6.04 Å². The standard InChI is InChI=1S/C17H19I2NO/c1-10-4-13(6-12(3)20)5-11(2)17(10)21-16-8-14(18)7-15(19)9-16/h4-5,7-9,12H,6,20H2,1-3H3/t12-/m1/s1. The fourth-order valence-electron chi connectivity index (χ4n) is 2.40. The minimum atomic E-state index is 0.174. The van der Waals surface area contributed by atoms with Crippen molar-refractivity contribution >= 4 is 45.2 Å². The van der Waals surface area contributed by atoms with E-state index in [1.807, 2.05) is 6.92 Å². The first-order valence-corrected chi connectivity index (χ1v) is 9.00.